The van der Waals surface area contributed by atoms with Crippen LogP contribution in [0.4, 0.5) is 0 Å². The van der Waals surface area contributed by atoms with Crippen molar-refractivity contribution in [2.75, 3.05) is 18.6 Å². The molecule has 1 saturated heterocycles. The fourth-order valence-electron chi connectivity index (χ4n) is 2.09. The van der Waals surface area contributed by atoms with E-state index >= 15 is 0 Å². The standard InChI is InChI=1S/C14H18O2S2/c1-3-12-14(18-8-7-17-12)13(15)10-5-4-6-11(9-10)16-2/h4-6,9,12,14H,3,7-8H2,1-2H3. The minimum absolute atomic E-state index is 0.0980. The summed E-state index contributed by atoms with van der Waals surface area (Å²) in [5, 5.41) is 0.545. The zero-order chi connectivity index (χ0) is 13.0. The molecule has 4 heteroatoms. The molecule has 0 aliphatic carbocycles. The Bertz CT molecular complexity index is 420. The number of benzene rings is 1. The Morgan fingerprint density at radius 1 is 1.39 bits per heavy atom. The van der Waals surface area contributed by atoms with Gasteiger partial charge in [0.15, 0.2) is 5.78 Å². The molecule has 1 aromatic rings. The normalized spacial score (nSPS) is 23.7. The molecule has 2 nitrogen and oxygen atoms in total. The van der Waals surface area contributed by atoms with Crippen LogP contribution in [0.25, 0.3) is 0 Å². The van der Waals surface area contributed by atoms with E-state index in [1.807, 2.05) is 36.0 Å². The molecule has 1 fully saturated rings. The molecular weight excluding hydrogens is 264 g/mol. The average molecular weight is 282 g/mol. The first-order valence-electron chi connectivity index (χ1n) is 6.17. The first-order valence-corrected chi connectivity index (χ1v) is 8.27. The molecule has 0 spiro atoms. The summed E-state index contributed by atoms with van der Waals surface area (Å²) in [4.78, 5) is 12.5. The number of methoxy groups -OCH3 is 1. The second-order valence-electron chi connectivity index (χ2n) is 4.21. The predicted molar refractivity (Wildman–Crippen MR) is 80.1 cm³/mol. The molecule has 0 saturated carbocycles. The molecule has 2 rings (SSSR count). The molecule has 1 aromatic carbocycles. The summed E-state index contributed by atoms with van der Waals surface area (Å²) in [7, 11) is 1.63. The number of rotatable bonds is 4. The average Bonchev–Trinajstić information content (AvgIpc) is 2.46. The fourth-order valence-corrected chi connectivity index (χ4v) is 5.11. The zero-order valence-electron chi connectivity index (χ0n) is 10.7. The van der Waals surface area contributed by atoms with E-state index in [9.17, 15) is 4.79 Å². The molecule has 1 aliphatic heterocycles. The molecule has 0 aromatic heterocycles. The number of ketones is 1. The monoisotopic (exact) mass is 282 g/mol. The van der Waals surface area contributed by atoms with Gasteiger partial charge in [-0.05, 0) is 18.6 Å². The molecule has 98 valence electrons. The quantitative estimate of drug-likeness (QED) is 0.790. The van der Waals surface area contributed by atoms with Crippen LogP contribution in [-0.2, 0) is 0 Å². The number of carbonyl (C=O) groups is 1. The van der Waals surface area contributed by atoms with E-state index in [0.717, 1.165) is 29.2 Å². The van der Waals surface area contributed by atoms with Crippen LogP contribution in [0.3, 0.4) is 0 Å². The van der Waals surface area contributed by atoms with Crippen LogP contribution >= 0.6 is 23.5 Å². The van der Waals surface area contributed by atoms with Crippen molar-refractivity contribution in [2.24, 2.45) is 0 Å². The summed E-state index contributed by atoms with van der Waals surface area (Å²) in [6.45, 7) is 2.16. The molecule has 0 bridgehead atoms. The minimum atomic E-state index is 0.0980. The van der Waals surface area contributed by atoms with E-state index in [4.69, 9.17) is 4.74 Å². The minimum Gasteiger partial charge on any atom is -0.497 e. The lowest BCUT2D eigenvalue weighted by molar-refractivity contribution is 0.0987. The van der Waals surface area contributed by atoms with Crippen molar-refractivity contribution in [1.82, 2.24) is 0 Å². The number of hydrogen-bond donors (Lipinski definition) is 0. The van der Waals surface area contributed by atoms with Gasteiger partial charge in [-0.25, -0.2) is 0 Å². The Morgan fingerprint density at radius 3 is 2.89 bits per heavy atom. The predicted octanol–water partition coefficient (Wildman–Crippen LogP) is 3.51. The fraction of sp³-hybridized carbons (Fsp3) is 0.500. The third kappa shape index (κ3) is 3.04. The number of Topliss-reactive ketones (excluding diaryl/α,β-unsaturated/α-hetero) is 1. The summed E-state index contributed by atoms with van der Waals surface area (Å²) < 4.78 is 5.18. The Kier molecular flexibility index (Phi) is 5.01. The van der Waals surface area contributed by atoms with Crippen molar-refractivity contribution in [3.8, 4) is 5.75 Å². The zero-order valence-corrected chi connectivity index (χ0v) is 12.4. The summed E-state index contributed by atoms with van der Waals surface area (Å²) in [5.74, 6) is 3.23. The highest BCUT2D eigenvalue weighted by Crippen LogP contribution is 2.35. The van der Waals surface area contributed by atoms with Gasteiger partial charge in [-0.15, -0.1) is 11.8 Å². The lowest BCUT2D eigenvalue weighted by Crippen LogP contribution is -2.32. The molecule has 2 atom stereocenters. The molecule has 2 unspecified atom stereocenters. The molecule has 0 N–H and O–H groups in total. The van der Waals surface area contributed by atoms with Gasteiger partial charge < -0.3 is 4.74 Å². The van der Waals surface area contributed by atoms with Crippen molar-refractivity contribution in [3.05, 3.63) is 29.8 Å². The van der Waals surface area contributed by atoms with Gasteiger partial charge in [-0.1, -0.05) is 19.1 Å². The summed E-state index contributed by atoms with van der Waals surface area (Å²) in [5.41, 5.74) is 0.771. The van der Waals surface area contributed by atoms with E-state index in [1.165, 1.54) is 0 Å². The van der Waals surface area contributed by atoms with Gasteiger partial charge in [0.05, 0.1) is 12.4 Å². The van der Waals surface area contributed by atoms with Crippen LogP contribution in [0.15, 0.2) is 24.3 Å². The second kappa shape index (κ2) is 6.53. The summed E-state index contributed by atoms with van der Waals surface area (Å²) in [6.07, 6.45) is 1.05. The Labute approximate surface area is 117 Å². The maximum absolute atomic E-state index is 12.5. The highest BCUT2D eigenvalue weighted by Gasteiger charge is 2.31. The number of carbonyl (C=O) groups excluding carboxylic acids is 1. The molecule has 1 aliphatic rings. The third-order valence-corrected chi connectivity index (χ3v) is 6.31. The van der Waals surface area contributed by atoms with E-state index in [2.05, 4.69) is 6.92 Å². The molecule has 18 heavy (non-hydrogen) atoms. The van der Waals surface area contributed by atoms with E-state index in [1.54, 1.807) is 18.9 Å². The van der Waals surface area contributed by atoms with Crippen molar-refractivity contribution in [1.29, 1.82) is 0 Å². The van der Waals surface area contributed by atoms with Crippen LogP contribution in [0.2, 0.25) is 0 Å². The summed E-state index contributed by atoms with van der Waals surface area (Å²) in [6, 6.07) is 7.48. The van der Waals surface area contributed by atoms with Crippen molar-refractivity contribution in [2.45, 2.75) is 23.8 Å². The van der Waals surface area contributed by atoms with Crippen LogP contribution in [0, 0.1) is 0 Å². The van der Waals surface area contributed by atoms with Crippen molar-refractivity contribution in [3.63, 3.8) is 0 Å². The largest absolute Gasteiger partial charge is 0.497 e. The highest BCUT2D eigenvalue weighted by atomic mass is 32.2. The van der Waals surface area contributed by atoms with Crippen LogP contribution < -0.4 is 4.74 Å². The first-order chi connectivity index (χ1) is 8.76. The highest BCUT2D eigenvalue weighted by molar-refractivity contribution is 8.07. The maximum Gasteiger partial charge on any atom is 0.177 e. The molecule has 1 heterocycles. The lowest BCUT2D eigenvalue weighted by Gasteiger charge is -2.28. The van der Waals surface area contributed by atoms with Gasteiger partial charge in [-0.3, -0.25) is 4.79 Å². The second-order valence-corrected chi connectivity index (χ2v) is 6.80. The van der Waals surface area contributed by atoms with E-state index in [0.29, 0.717) is 5.25 Å². The van der Waals surface area contributed by atoms with Gasteiger partial charge in [0.1, 0.15) is 5.75 Å². The van der Waals surface area contributed by atoms with Gasteiger partial charge in [-0.2, -0.15) is 11.8 Å². The molecule has 0 amide bonds. The number of hydrogen-bond acceptors (Lipinski definition) is 4. The SMILES string of the molecule is CCC1SCCSC1C(=O)c1cccc(OC)c1. The molecular formula is C14H18O2S2. The molecule has 0 radical (unpaired) electrons. The van der Waals surface area contributed by atoms with Gasteiger partial charge in [0.25, 0.3) is 0 Å². The topological polar surface area (TPSA) is 26.3 Å². The van der Waals surface area contributed by atoms with Gasteiger partial charge in [0.2, 0.25) is 0 Å². The van der Waals surface area contributed by atoms with Gasteiger partial charge in [0, 0.05) is 22.3 Å². The van der Waals surface area contributed by atoms with Crippen LogP contribution in [0.5, 0.6) is 5.75 Å². The van der Waals surface area contributed by atoms with Crippen LogP contribution in [-0.4, -0.2) is 34.9 Å². The van der Waals surface area contributed by atoms with Crippen molar-refractivity contribution < 1.29 is 9.53 Å². The summed E-state index contributed by atoms with van der Waals surface area (Å²) >= 11 is 3.73. The van der Waals surface area contributed by atoms with E-state index in [-0.39, 0.29) is 11.0 Å². The van der Waals surface area contributed by atoms with E-state index < -0.39 is 0 Å². The number of thioether (sulfide) groups is 2. The number of ether oxygens (including phenoxy) is 1. The smallest absolute Gasteiger partial charge is 0.177 e. The first kappa shape index (κ1) is 13.8. The third-order valence-electron chi connectivity index (χ3n) is 3.07. The Morgan fingerprint density at radius 2 is 2.17 bits per heavy atom. The lowest BCUT2D eigenvalue weighted by atomic mass is 10.0. The van der Waals surface area contributed by atoms with Crippen LogP contribution in [0.1, 0.15) is 23.7 Å². The Balaban J connectivity index is 2.18. The maximum atomic E-state index is 12.5. The van der Waals surface area contributed by atoms with Crippen molar-refractivity contribution >= 4 is 29.3 Å². The van der Waals surface area contributed by atoms with Gasteiger partial charge >= 0.3 is 0 Å². The Hall–Kier alpha value is -0.610.